The van der Waals surface area contributed by atoms with Gasteiger partial charge in [-0.3, -0.25) is 4.79 Å². The zero-order chi connectivity index (χ0) is 18.8. The lowest BCUT2D eigenvalue weighted by atomic mass is 10.0. The lowest BCUT2D eigenvalue weighted by Gasteiger charge is -2.26. The van der Waals surface area contributed by atoms with Gasteiger partial charge < -0.3 is 14.5 Å². The molecule has 0 aromatic rings. The molecule has 1 unspecified atom stereocenters. The van der Waals surface area contributed by atoms with Gasteiger partial charge in [0.15, 0.2) is 0 Å². The van der Waals surface area contributed by atoms with Crippen LogP contribution in [0.3, 0.4) is 0 Å². The van der Waals surface area contributed by atoms with E-state index < -0.39 is 0 Å². The van der Waals surface area contributed by atoms with Crippen molar-refractivity contribution in [2.75, 3.05) is 27.2 Å². The van der Waals surface area contributed by atoms with Crippen LogP contribution < -0.4 is 0 Å². The summed E-state index contributed by atoms with van der Waals surface area (Å²) >= 11 is 6.44. The van der Waals surface area contributed by atoms with E-state index in [9.17, 15) is 9.59 Å². The second-order valence-electron chi connectivity index (χ2n) is 7.95. The quantitative estimate of drug-likeness (QED) is 0.697. The van der Waals surface area contributed by atoms with Gasteiger partial charge in [-0.15, -0.1) is 0 Å². The van der Waals surface area contributed by atoms with E-state index >= 15 is 0 Å². The fraction of sp³-hybridized carbons (Fsp3) is 0.833. The molecule has 2 amide bonds. The standard InChI is InChI=1S/C18H27ClN4O3/c1-21(2)18(25)26-16-8-12-6-15(7-13(12)9-16)23(19)11-17(24)22-5-3-4-14(22)10-20/h12-16H,3-9,11H2,1-2H3/t12-,13+,14-,15?,16+/m0/s1. The van der Waals surface area contributed by atoms with Crippen LogP contribution in [0.25, 0.3) is 0 Å². The van der Waals surface area contributed by atoms with E-state index in [4.69, 9.17) is 21.8 Å². The molecule has 1 aliphatic heterocycles. The Balaban J connectivity index is 1.46. The molecule has 0 bridgehead atoms. The molecular weight excluding hydrogens is 356 g/mol. The van der Waals surface area contributed by atoms with E-state index in [1.165, 1.54) is 4.90 Å². The minimum Gasteiger partial charge on any atom is -0.446 e. The Morgan fingerprint density at radius 3 is 2.46 bits per heavy atom. The van der Waals surface area contributed by atoms with E-state index in [0.29, 0.717) is 18.4 Å². The van der Waals surface area contributed by atoms with Crippen molar-refractivity contribution in [2.24, 2.45) is 11.8 Å². The summed E-state index contributed by atoms with van der Waals surface area (Å²) in [5.41, 5.74) is 0. The molecular formula is C18H27ClN4O3. The van der Waals surface area contributed by atoms with Gasteiger partial charge in [-0.1, -0.05) is 0 Å². The normalized spacial score (nSPS) is 33.2. The first-order chi connectivity index (χ1) is 12.4. The van der Waals surface area contributed by atoms with Crippen molar-refractivity contribution in [3.8, 4) is 6.07 Å². The number of likely N-dealkylation sites (tertiary alicyclic amines) is 1. The number of hydrogen-bond acceptors (Lipinski definition) is 5. The van der Waals surface area contributed by atoms with Gasteiger partial charge in [0.25, 0.3) is 0 Å². The fourth-order valence-electron chi connectivity index (χ4n) is 4.65. The third kappa shape index (κ3) is 4.07. The molecule has 2 saturated carbocycles. The Morgan fingerprint density at radius 2 is 1.88 bits per heavy atom. The van der Waals surface area contributed by atoms with Crippen LogP contribution in [0, 0.1) is 23.2 Å². The van der Waals surface area contributed by atoms with Crippen LogP contribution in [-0.2, 0) is 9.53 Å². The molecule has 1 saturated heterocycles. The van der Waals surface area contributed by atoms with Gasteiger partial charge in [-0.05, 0) is 62.1 Å². The first-order valence-electron chi connectivity index (χ1n) is 9.38. The Labute approximate surface area is 159 Å². The molecule has 3 rings (SSSR count). The Kier molecular flexibility index (Phi) is 5.93. The van der Waals surface area contributed by atoms with Crippen molar-refractivity contribution < 1.29 is 14.3 Å². The topological polar surface area (TPSA) is 76.9 Å². The second-order valence-corrected chi connectivity index (χ2v) is 8.38. The monoisotopic (exact) mass is 382 g/mol. The van der Waals surface area contributed by atoms with E-state index in [-0.39, 0.29) is 36.7 Å². The second kappa shape index (κ2) is 8.01. The molecule has 0 aromatic carbocycles. The zero-order valence-corrected chi connectivity index (χ0v) is 16.2. The van der Waals surface area contributed by atoms with E-state index in [1.54, 1.807) is 23.4 Å². The summed E-state index contributed by atoms with van der Waals surface area (Å²) in [5, 5.41) is 9.13. The Morgan fingerprint density at radius 1 is 1.23 bits per heavy atom. The number of carbonyl (C=O) groups excluding carboxylic acids is 2. The van der Waals surface area contributed by atoms with Crippen LogP contribution in [0.2, 0.25) is 0 Å². The van der Waals surface area contributed by atoms with Crippen molar-refractivity contribution >= 4 is 23.8 Å². The molecule has 3 aliphatic rings. The largest absolute Gasteiger partial charge is 0.446 e. The van der Waals surface area contributed by atoms with Gasteiger partial charge in [0.2, 0.25) is 5.91 Å². The maximum atomic E-state index is 12.5. The number of rotatable bonds is 4. The highest BCUT2D eigenvalue weighted by Crippen LogP contribution is 2.47. The molecule has 7 nitrogen and oxygen atoms in total. The van der Waals surface area contributed by atoms with Crippen LogP contribution in [0.5, 0.6) is 0 Å². The van der Waals surface area contributed by atoms with Crippen molar-refractivity contribution in [2.45, 2.75) is 56.7 Å². The van der Waals surface area contributed by atoms with Crippen LogP contribution in [0.4, 0.5) is 4.79 Å². The van der Waals surface area contributed by atoms with E-state index in [1.807, 2.05) is 0 Å². The maximum absolute atomic E-state index is 12.5. The van der Waals surface area contributed by atoms with Crippen molar-refractivity contribution in [1.82, 2.24) is 14.2 Å². The van der Waals surface area contributed by atoms with Gasteiger partial charge in [0.1, 0.15) is 12.1 Å². The summed E-state index contributed by atoms with van der Waals surface area (Å²) in [4.78, 5) is 27.3. The van der Waals surface area contributed by atoms with Crippen LogP contribution in [0.1, 0.15) is 38.5 Å². The lowest BCUT2D eigenvalue weighted by molar-refractivity contribution is -0.131. The summed E-state index contributed by atoms with van der Waals surface area (Å²) in [6.45, 7) is 0.805. The van der Waals surface area contributed by atoms with Crippen molar-refractivity contribution in [3.63, 3.8) is 0 Å². The number of hydrogen-bond donors (Lipinski definition) is 0. The predicted molar refractivity (Wildman–Crippen MR) is 96.1 cm³/mol. The van der Waals surface area contributed by atoms with Gasteiger partial charge in [-0.25, -0.2) is 9.21 Å². The molecule has 3 fully saturated rings. The minimum atomic E-state index is -0.303. The molecule has 1 heterocycles. The number of fused-ring (bicyclic) bond motifs is 1. The third-order valence-electron chi connectivity index (χ3n) is 5.98. The molecule has 0 N–H and O–H groups in total. The van der Waals surface area contributed by atoms with Gasteiger partial charge in [0.05, 0.1) is 12.6 Å². The van der Waals surface area contributed by atoms with E-state index in [0.717, 1.165) is 38.5 Å². The maximum Gasteiger partial charge on any atom is 0.409 e. The fourth-order valence-corrected chi connectivity index (χ4v) is 4.91. The average Bonchev–Trinajstić information content (AvgIpc) is 3.28. The summed E-state index contributed by atoms with van der Waals surface area (Å²) in [5.74, 6) is 0.934. The number of amides is 2. The molecule has 0 spiro atoms. The summed E-state index contributed by atoms with van der Waals surface area (Å²) in [6.07, 6.45) is 4.96. The lowest BCUT2D eigenvalue weighted by Crippen LogP contribution is -2.42. The zero-order valence-electron chi connectivity index (χ0n) is 15.4. The number of nitrogens with zero attached hydrogens (tertiary/aromatic N) is 4. The number of halogens is 1. The highest BCUT2D eigenvalue weighted by Gasteiger charge is 2.45. The van der Waals surface area contributed by atoms with Crippen molar-refractivity contribution in [1.29, 1.82) is 5.26 Å². The first kappa shape index (κ1) is 19.2. The summed E-state index contributed by atoms with van der Waals surface area (Å²) < 4.78 is 7.14. The molecule has 0 aromatic heterocycles. The summed E-state index contributed by atoms with van der Waals surface area (Å²) in [7, 11) is 3.38. The highest BCUT2D eigenvalue weighted by molar-refractivity contribution is 6.14. The van der Waals surface area contributed by atoms with Crippen LogP contribution in [-0.4, -0.2) is 71.6 Å². The number of nitriles is 1. The van der Waals surface area contributed by atoms with Crippen molar-refractivity contribution in [3.05, 3.63) is 0 Å². The molecule has 144 valence electrons. The predicted octanol–water partition coefficient (Wildman–Crippen LogP) is 2.21. The van der Waals surface area contributed by atoms with Crippen LogP contribution >= 0.6 is 11.8 Å². The molecule has 8 heteroatoms. The van der Waals surface area contributed by atoms with Gasteiger partial charge in [-0.2, -0.15) is 5.26 Å². The number of carbonyl (C=O) groups is 2. The van der Waals surface area contributed by atoms with Crippen LogP contribution in [0.15, 0.2) is 0 Å². The van der Waals surface area contributed by atoms with Gasteiger partial charge in [0, 0.05) is 26.7 Å². The highest BCUT2D eigenvalue weighted by atomic mass is 35.5. The SMILES string of the molecule is CN(C)C(=O)O[C@H]1C[C@H]2CC(N(Cl)CC(=O)N3CCC[C@H]3C#N)C[C@H]2C1. The summed E-state index contributed by atoms with van der Waals surface area (Å²) in [6, 6.07) is 2.06. The Bertz CT molecular complexity index is 579. The average molecular weight is 383 g/mol. The smallest absolute Gasteiger partial charge is 0.409 e. The molecule has 5 atom stereocenters. The molecule has 2 aliphatic carbocycles. The first-order valence-corrected chi connectivity index (χ1v) is 9.72. The third-order valence-corrected chi connectivity index (χ3v) is 6.38. The number of ether oxygens (including phenoxy) is 1. The molecule has 0 radical (unpaired) electrons. The van der Waals surface area contributed by atoms with E-state index in [2.05, 4.69) is 6.07 Å². The minimum absolute atomic E-state index is 0.00718. The Hall–Kier alpha value is -1.52. The molecule has 26 heavy (non-hydrogen) atoms. The van der Waals surface area contributed by atoms with Gasteiger partial charge >= 0.3 is 6.09 Å².